The van der Waals surface area contributed by atoms with Crippen LogP contribution in [0.1, 0.15) is 72.2 Å². The van der Waals surface area contributed by atoms with Crippen LogP contribution < -0.4 is 4.90 Å². The van der Waals surface area contributed by atoms with Crippen LogP contribution in [0.3, 0.4) is 0 Å². The summed E-state index contributed by atoms with van der Waals surface area (Å²) in [5, 5.41) is 20.2. The fourth-order valence-corrected chi connectivity index (χ4v) is 3.61. The number of phenolic OH excluding ortho intramolecular Hbond substituents is 1. The van der Waals surface area contributed by atoms with Gasteiger partial charge in [0.15, 0.2) is 5.78 Å². The number of carboxylic acid groups (broad SMARTS) is 1. The Labute approximate surface area is 173 Å². The molecule has 0 aromatic heterocycles. The van der Waals surface area contributed by atoms with Crippen molar-refractivity contribution in [2.75, 3.05) is 18.0 Å². The average Bonchev–Trinajstić information content (AvgIpc) is 2.73. The molecule has 156 valence electrons. The van der Waals surface area contributed by atoms with Gasteiger partial charge < -0.3 is 15.1 Å². The molecule has 0 heterocycles. The minimum atomic E-state index is -1.02. The molecule has 0 amide bonds. The Morgan fingerprint density at radius 2 is 1.55 bits per heavy atom. The van der Waals surface area contributed by atoms with Crippen LogP contribution in [0.5, 0.6) is 5.75 Å². The zero-order chi connectivity index (χ0) is 21.2. The number of carbonyl (C=O) groups excluding carboxylic acids is 1. The van der Waals surface area contributed by atoms with E-state index in [1.54, 1.807) is 12.1 Å². The first kappa shape index (κ1) is 22.5. The molecule has 2 N–H and O–H groups in total. The van der Waals surface area contributed by atoms with Gasteiger partial charge in [-0.15, -0.1) is 0 Å². The van der Waals surface area contributed by atoms with Crippen LogP contribution in [0.2, 0.25) is 0 Å². The fourth-order valence-electron chi connectivity index (χ4n) is 3.61. The zero-order valence-electron chi connectivity index (χ0n) is 17.4. The number of hydrogen-bond donors (Lipinski definition) is 2. The lowest BCUT2D eigenvalue weighted by Crippen LogP contribution is -2.22. The third-order valence-corrected chi connectivity index (χ3v) is 5.27. The van der Waals surface area contributed by atoms with Crippen molar-refractivity contribution in [3.05, 3.63) is 59.2 Å². The Kier molecular flexibility index (Phi) is 8.71. The predicted octanol–water partition coefficient (Wildman–Crippen LogP) is 5.31. The van der Waals surface area contributed by atoms with Crippen LogP contribution in [0, 0.1) is 0 Å². The monoisotopic (exact) mass is 397 g/mol. The maximum absolute atomic E-state index is 12.1. The molecule has 0 unspecified atom stereocenters. The lowest BCUT2D eigenvalue weighted by atomic mass is 9.97. The number of ketones is 1. The van der Waals surface area contributed by atoms with E-state index in [0.717, 1.165) is 44.3 Å². The summed E-state index contributed by atoms with van der Waals surface area (Å²) in [6.07, 6.45) is 4.40. The van der Waals surface area contributed by atoms with Crippen molar-refractivity contribution in [2.24, 2.45) is 0 Å². The van der Waals surface area contributed by atoms with E-state index >= 15 is 0 Å². The molecular formula is C24H31NO4. The first-order chi connectivity index (χ1) is 14.0. The minimum Gasteiger partial charge on any atom is -0.505 e. The van der Waals surface area contributed by atoms with Gasteiger partial charge in [0.2, 0.25) is 0 Å². The van der Waals surface area contributed by atoms with Crippen LogP contribution in [0.25, 0.3) is 0 Å². The molecule has 2 aromatic rings. The molecule has 0 bridgehead atoms. The molecule has 29 heavy (non-hydrogen) atoms. The molecule has 5 heteroatoms. The topological polar surface area (TPSA) is 77.8 Å². The second-order valence-corrected chi connectivity index (χ2v) is 7.14. The highest BCUT2D eigenvalue weighted by molar-refractivity contribution is 5.96. The quantitative estimate of drug-likeness (QED) is 0.375. The summed E-state index contributed by atoms with van der Waals surface area (Å²) < 4.78 is 0. The number of rotatable bonds is 12. The van der Waals surface area contributed by atoms with E-state index in [-0.39, 0.29) is 17.1 Å². The maximum atomic E-state index is 12.1. The number of nitrogens with zero attached hydrogens (tertiary/aromatic N) is 1. The highest BCUT2D eigenvalue weighted by Crippen LogP contribution is 2.34. The normalized spacial score (nSPS) is 10.7. The van der Waals surface area contributed by atoms with Crippen LogP contribution in [-0.2, 0) is 6.42 Å². The second kappa shape index (κ2) is 11.2. The van der Waals surface area contributed by atoms with Gasteiger partial charge in [-0.05, 0) is 45.2 Å². The van der Waals surface area contributed by atoms with Crippen molar-refractivity contribution in [2.45, 2.75) is 52.4 Å². The van der Waals surface area contributed by atoms with Crippen LogP contribution in [0.15, 0.2) is 42.5 Å². The lowest BCUT2D eigenvalue weighted by molar-refractivity contribution is 0.0694. The van der Waals surface area contributed by atoms with Crippen LogP contribution in [-0.4, -0.2) is 35.1 Å². The minimum absolute atomic E-state index is 0.0767. The lowest BCUT2D eigenvalue weighted by Gasteiger charge is -2.24. The summed E-state index contributed by atoms with van der Waals surface area (Å²) in [5.74, 6) is -0.786. The summed E-state index contributed by atoms with van der Waals surface area (Å²) >= 11 is 0. The highest BCUT2D eigenvalue weighted by atomic mass is 16.4. The Bertz CT molecular complexity index is 813. The van der Waals surface area contributed by atoms with E-state index in [9.17, 15) is 19.8 Å². The predicted molar refractivity (Wildman–Crippen MR) is 116 cm³/mol. The molecular weight excluding hydrogens is 366 g/mol. The van der Waals surface area contributed by atoms with E-state index in [1.807, 2.05) is 49.1 Å². The molecule has 0 fully saturated rings. The summed E-state index contributed by atoms with van der Waals surface area (Å²) in [6.45, 7) is 5.49. The molecule has 0 aliphatic carbocycles. The summed E-state index contributed by atoms with van der Waals surface area (Å²) in [5.41, 5.74) is 2.10. The number of unbranched alkanes of at least 4 members (excludes halogenated alkanes) is 3. The molecule has 2 aromatic carbocycles. The van der Waals surface area contributed by atoms with E-state index in [1.165, 1.54) is 0 Å². The van der Waals surface area contributed by atoms with Gasteiger partial charge in [-0.2, -0.15) is 0 Å². The zero-order valence-corrected chi connectivity index (χ0v) is 17.4. The smallest absolute Gasteiger partial charge is 0.336 e. The van der Waals surface area contributed by atoms with E-state index in [4.69, 9.17) is 0 Å². The van der Waals surface area contributed by atoms with Gasteiger partial charge in [-0.25, -0.2) is 4.79 Å². The molecule has 0 saturated carbocycles. The third-order valence-electron chi connectivity index (χ3n) is 5.27. The number of anilines is 1. The Morgan fingerprint density at radius 1 is 0.897 bits per heavy atom. The molecule has 0 atom stereocenters. The number of benzene rings is 2. The first-order valence-corrected chi connectivity index (χ1v) is 10.4. The molecule has 0 aliphatic heterocycles. The number of aromatic hydroxyl groups is 1. The Morgan fingerprint density at radius 3 is 2.17 bits per heavy atom. The number of phenols is 1. The number of Topliss-reactive ketones (excluding diaryl/α,β-unsaturated/α-hetero) is 1. The number of carbonyl (C=O) groups is 2. The number of carboxylic acids is 1. The first-order valence-electron chi connectivity index (χ1n) is 10.4. The molecule has 5 nitrogen and oxygen atoms in total. The van der Waals surface area contributed by atoms with Gasteiger partial charge in [0.1, 0.15) is 5.75 Å². The molecule has 0 saturated heterocycles. The van der Waals surface area contributed by atoms with E-state index < -0.39 is 5.97 Å². The largest absolute Gasteiger partial charge is 0.505 e. The van der Waals surface area contributed by atoms with Crippen molar-refractivity contribution < 1.29 is 19.8 Å². The molecule has 0 aliphatic rings. The van der Waals surface area contributed by atoms with Crippen molar-refractivity contribution in [3.63, 3.8) is 0 Å². The van der Waals surface area contributed by atoms with Gasteiger partial charge in [-0.1, -0.05) is 43.2 Å². The SMILES string of the molecule is CCN(CC)c1ccc(C(=O)O)c(CCCCCCC(=O)c2ccccc2)c1O. The Balaban J connectivity index is 1.91. The van der Waals surface area contributed by atoms with Crippen molar-refractivity contribution >= 4 is 17.4 Å². The number of aromatic carboxylic acids is 1. The van der Waals surface area contributed by atoms with Crippen LogP contribution >= 0.6 is 0 Å². The van der Waals surface area contributed by atoms with Crippen LogP contribution in [0.4, 0.5) is 5.69 Å². The summed E-state index contributed by atoms with van der Waals surface area (Å²) in [6, 6.07) is 12.6. The van der Waals surface area contributed by atoms with E-state index in [2.05, 4.69) is 0 Å². The summed E-state index contributed by atoms with van der Waals surface area (Å²) in [7, 11) is 0. The highest BCUT2D eigenvalue weighted by Gasteiger charge is 2.19. The maximum Gasteiger partial charge on any atom is 0.336 e. The van der Waals surface area contributed by atoms with Gasteiger partial charge in [-0.3, -0.25) is 4.79 Å². The van der Waals surface area contributed by atoms with Crippen molar-refractivity contribution in [1.82, 2.24) is 0 Å². The average molecular weight is 398 g/mol. The van der Waals surface area contributed by atoms with Gasteiger partial charge in [0.05, 0.1) is 11.3 Å². The fraction of sp³-hybridized carbons (Fsp3) is 0.417. The third kappa shape index (κ3) is 6.08. The standard InChI is InChI=1S/C24H31NO4/c1-3-25(4-2)21-17-16-20(24(28)29)19(23(21)27)14-10-5-6-11-15-22(26)18-12-8-7-9-13-18/h7-9,12-13,16-17,27H,3-6,10-11,14-15H2,1-2H3,(H,28,29). The van der Waals surface area contributed by atoms with Crippen molar-refractivity contribution in [3.8, 4) is 5.75 Å². The molecule has 2 rings (SSSR count). The second-order valence-electron chi connectivity index (χ2n) is 7.14. The Hall–Kier alpha value is -2.82. The summed E-state index contributed by atoms with van der Waals surface area (Å²) in [4.78, 5) is 25.7. The van der Waals surface area contributed by atoms with Gasteiger partial charge in [0.25, 0.3) is 0 Å². The van der Waals surface area contributed by atoms with Gasteiger partial charge >= 0.3 is 5.97 Å². The molecule has 0 radical (unpaired) electrons. The van der Waals surface area contributed by atoms with E-state index in [0.29, 0.717) is 24.1 Å². The van der Waals surface area contributed by atoms with Crippen molar-refractivity contribution in [1.29, 1.82) is 0 Å². The van der Waals surface area contributed by atoms with Gasteiger partial charge in [0, 0.05) is 30.6 Å². The number of hydrogen-bond acceptors (Lipinski definition) is 4. The molecule has 0 spiro atoms.